The van der Waals surface area contributed by atoms with Gasteiger partial charge < -0.3 is 4.74 Å². The van der Waals surface area contributed by atoms with E-state index >= 15 is 0 Å². The van der Waals surface area contributed by atoms with E-state index < -0.39 is 0 Å². The minimum Gasteiger partial charge on any atom is -0.497 e. The zero-order valence-electron chi connectivity index (χ0n) is 13.7. The molecule has 3 rings (SSSR count). The van der Waals surface area contributed by atoms with Gasteiger partial charge in [-0.3, -0.25) is 9.36 Å². The Bertz CT molecular complexity index is 985. The SMILES string of the molecule is C=CCn1c(SCc2cccc(OC)c2)nc2ccc(Cl)cc2c1=O. The topological polar surface area (TPSA) is 44.1 Å². The predicted molar refractivity (Wildman–Crippen MR) is 104 cm³/mol. The summed E-state index contributed by atoms with van der Waals surface area (Å²) in [5.74, 6) is 1.49. The molecular weight excluding hydrogens is 356 g/mol. The Labute approximate surface area is 155 Å². The lowest BCUT2D eigenvalue weighted by Crippen LogP contribution is -2.22. The van der Waals surface area contributed by atoms with Crippen LogP contribution in [0.1, 0.15) is 5.56 Å². The number of hydrogen-bond donors (Lipinski definition) is 0. The van der Waals surface area contributed by atoms with E-state index in [4.69, 9.17) is 16.3 Å². The van der Waals surface area contributed by atoms with E-state index in [9.17, 15) is 4.79 Å². The molecule has 0 aliphatic carbocycles. The van der Waals surface area contributed by atoms with Gasteiger partial charge in [0.05, 0.1) is 18.0 Å². The van der Waals surface area contributed by atoms with E-state index in [0.29, 0.717) is 33.4 Å². The predicted octanol–water partition coefficient (Wildman–Crippen LogP) is 4.54. The van der Waals surface area contributed by atoms with Crippen LogP contribution in [0.4, 0.5) is 0 Å². The minimum atomic E-state index is -0.111. The fourth-order valence-corrected chi connectivity index (χ4v) is 3.61. The molecule has 128 valence electrons. The molecular formula is C19H17ClN2O2S. The highest BCUT2D eigenvalue weighted by molar-refractivity contribution is 7.98. The van der Waals surface area contributed by atoms with Crippen LogP contribution in [0.3, 0.4) is 0 Å². The average Bonchev–Trinajstić information content (AvgIpc) is 2.63. The number of allylic oxidation sites excluding steroid dienone is 1. The van der Waals surface area contributed by atoms with Crippen molar-refractivity contribution < 1.29 is 4.74 Å². The summed E-state index contributed by atoms with van der Waals surface area (Å²) in [4.78, 5) is 17.4. The molecule has 0 saturated heterocycles. The molecule has 0 aliphatic rings. The maximum absolute atomic E-state index is 12.8. The monoisotopic (exact) mass is 372 g/mol. The molecule has 0 saturated carbocycles. The highest BCUT2D eigenvalue weighted by Gasteiger charge is 2.11. The third-order valence-electron chi connectivity index (χ3n) is 3.69. The number of benzene rings is 2. The molecule has 0 unspecified atom stereocenters. The molecule has 0 fully saturated rings. The van der Waals surface area contributed by atoms with Gasteiger partial charge in [-0.2, -0.15) is 0 Å². The summed E-state index contributed by atoms with van der Waals surface area (Å²) < 4.78 is 6.87. The first-order valence-corrected chi connectivity index (χ1v) is 9.05. The summed E-state index contributed by atoms with van der Waals surface area (Å²) in [7, 11) is 1.64. The van der Waals surface area contributed by atoms with Crippen molar-refractivity contribution in [2.24, 2.45) is 0 Å². The van der Waals surface area contributed by atoms with Gasteiger partial charge in [-0.25, -0.2) is 4.98 Å². The van der Waals surface area contributed by atoms with Gasteiger partial charge in [-0.1, -0.05) is 41.6 Å². The summed E-state index contributed by atoms with van der Waals surface area (Å²) in [6, 6.07) is 13.0. The third kappa shape index (κ3) is 3.89. The average molecular weight is 373 g/mol. The first-order valence-electron chi connectivity index (χ1n) is 7.69. The van der Waals surface area contributed by atoms with Crippen LogP contribution < -0.4 is 10.3 Å². The first kappa shape index (κ1) is 17.6. The lowest BCUT2D eigenvalue weighted by Gasteiger charge is -2.12. The molecule has 1 aromatic heterocycles. The summed E-state index contributed by atoms with van der Waals surface area (Å²) in [6.07, 6.45) is 1.69. The van der Waals surface area contributed by atoms with E-state index in [1.54, 1.807) is 36.0 Å². The summed E-state index contributed by atoms with van der Waals surface area (Å²) in [6.45, 7) is 4.13. The quantitative estimate of drug-likeness (QED) is 0.362. The van der Waals surface area contributed by atoms with Crippen LogP contribution in [0.5, 0.6) is 5.75 Å². The van der Waals surface area contributed by atoms with Gasteiger partial charge in [-0.15, -0.1) is 6.58 Å². The Hall–Kier alpha value is -2.24. The number of fused-ring (bicyclic) bond motifs is 1. The Kier molecular flexibility index (Phi) is 5.46. The van der Waals surface area contributed by atoms with E-state index in [1.165, 1.54) is 11.8 Å². The van der Waals surface area contributed by atoms with Crippen molar-refractivity contribution in [3.05, 3.63) is 76.1 Å². The van der Waals surface area contributed by atoms with Gasteiger partial charge >= 0.3 is 0 Å². The van der Waals surface area contributed by atoms with Crippen LogP contribution in [0.25, 0.3) is 10.9 Å². The normalized spacial score (nSPS) is 10.8. The van der Waals surface area contributed by atoms with Crippen molar-refractivity contribution in [2.45, 2.75) is 17.5 Å². The minimum absolute atomic E-state index is 0.111. The maximum atomic E-state index is 12.8. The smallest absolute Gasteiger partial charge is 0.262 e. The second-order valence-electron chi connectivity index (χ2n) is 5.40. The van der Waals surface area contributed by atoms with Crippen LogP contribution in [0.15, 0.2) is 65.1 Å². The summed E-state index contributed by atoms with van der Waals surface area (Å²) in [5.41, 5.74) is 1.63. The molecule has 1 heterocycles. The van der Waals surface area contributed by atoms with E-state index in [1.807, 2.05) is 24.3 Å². The van der Waals surface area contributed by atoms with Crippen molar-refractivity contribution in [3.63, 3.8) is 0 Å². The Morgan fingerprint density at radius 1 is 1.32 bits per heavy atom. The third-order valence-corrected chi connectivity index (χ3v) is 4.98. The van der Waals surface area contributed by atoms with Crippen LogP contribution >= 0.6 is 23.4 Å². The first-order chi connectivity index (χ1) is 12.1. The fourth-order valence-electron chi connectivity index (χ4n) is 2.48. The largest absolute Gasteiger partial charge is 0.497 e. The number of aromatic nitrogens is 2. The van der Waals surface area contributed by atoms with Gasteiger partial charge in [-0.05, 0) is 35.9 Å². The number of halogens is 1. The summed E-state index contributed by atoms with van der Waals surface area (Å²) in [5, 5.41) is 1.69. The number of methoxy groups -OCH3 is 1. The van der Waals surface area contributed by atoms with E-state index in [2.05, 4.69) is 11.6 Å². The summed E-state index contributed by atoms with van der Waals surface area (Å²) >= 11 is 7.52. The fraction of sp³-hybridized carbons (Fsp3) is 0.158. The van der Waals surface area contributed by atoms with Crippen molar-refractivity contribution in [1.29, 1.82) is 0 Å². The molecule has 0 spiro atoms. The van der Waals surface area contributed by atoms with Gasteiger partial charge in [0.2, 0.25) is 0 Å². The number of ether oxygens (including phenoxy) is 1. The Morgan fingerprint density at radius 3 is 2.92 bits per heavy atom. The highest BCUT2D eigenvalue weighted by atomic mass is 35.5. The van der Waals surface area contributed by atoms with Crippen molar-refractivity contribution >= 4 is 34.3 Å². The van der Waals surface area contributed by atoms with Crippen LogP contribution in [0, 0.1) is 0 Å². The molecule has 3 aromatic rings. The van der Waals surface area contributed by atoms with Gasteiger partial charge in [0.15, 0.2) is 5.16 Å². The number of nitrogens with zero attached hydrogens (tertiary/aromatic N) is 2. The Morgan fingerprint density at radius 2 is 2.16 bits per heavy atom. The van der Waals surface area contributed by atoms with Crippen molar-refractivity contribution in [2.75, 3.05) is 7.11 Å². The lowest BCUT2D eigenvalue weighted by atomic mass is 10.2. The van der Waals surface area contributed by atoms with Crippen molar-refractivity contribution in [3.8, 4) is 5.75 Å². The zero-order chi connectivity index (χ0) is 17.8. The molecule has 0 radical (unpaired) electrons. The van der Waals surface area contributed by atoms with Crippen molar-refractivity contribution in [1.82, 2.24) is 9.55 Å². The Balaban J connectivity index is 1.99. The maximum Gasteiger partial charge on any atom is 0.262 e. The molecule has 0 atom stereocenters. The zero-order valence-corrected chi connectivity index (χ0v) is 15.3. The van der Waals surface area contributed by atoms with E-state index in [0.717, 1.165) is 11.3 Å². The molecule has 0 amide bonds. The van der Waals surface area contributed by atoms with Gasteiger partial charge in [0.1, 0.15) is 5.75 Å². The molecule has 25 heavy (non-hydrogen) atoms. The van der Waals surface area contributed by atoms with Crippen LogP contribution in [-0.2, 0) is 12.3 Å². The molecule has 4 nitrogen and oxygen atoms in total. The molecule has 0 aliphatic heterocycles. The molecule has 6 heteroatoms. The molecule has 0 N–H and O–H groups in total. The number of hydrogen-bond acceptors (Lipinski definition) is 4. The number of thioether (sulfide) groups is 1. The van der Waals surface area contributed by atoms with Crippen LogP contribution in [0.2, 0.25) is 5.02 Å². The second kappa shape index (κ2) is 7.76. The van der Waals surface area contributed by atoms with E-state index in [-0.39, 0.29) is 5.56 Å². The lowest BCUT2D eigenvalue weighted by molar-refractivity contribution is 0.414. The second-order valence-corrected chi connectivity index (χ2v) is 6.78. The highest BCUT2D eigenvalue weighted by Crippen LogP contribution is 2.25. The van der Waals surface area contributed by atoms with Gasteiger partial charge in [0, 0.05) is 17.3 Å². The number of rotatable bonds is 6. The van der Waals surface area contributed by atoms with Crippen LogP contribution in [-0.4, -0.2) is 16.7 Å². The van der Waals surface area contributed by atoms with Gasteiger partial charge in [0.25, 0.3) is 5.56 Å². The standard InChI is InChI=1S/C19H17ClN2O2S/c1-3-9-22-18(23)16-11-14(20)7-8-17(16)21-19(22)25-12-13-5-4-6-15(10-13)24-2/h3-8,10-11H,1,9,12H2,2H3. The molecule has 0 bridgehead atoms. The molecule has 2 aromatic carbocycles.